The molecule has 5 rings (SSSR count). The number of rotatable bonds is 17. The summed E-state index contributed by atoms with van der Waals surface area (Å²) in [6, 6.07) is 12.8. The fraction of sp³-hybridized carbons (Fsp3) is 0.528. The van der Waals surface area contributed by atoms with E-state index in [0.717, 1.165) is 71.8 Å². The van der Waals surface area contributed by atoms with E-state index in [1.165, 1.54) is 0 Å². The van der Waals surface area contributed by atoms with E-state index >= 15 is 0 Å². The molecular weight excluding hydrogens is 632 g/mol. The van der Waals surface area contributed by atoms with Crippen LogP contribution in [0.25, 0.3) is 11.1 Å². The largest absolute Gasteiger partial charge is 0.382 e. The molecule has 1 spiro atoms. The van der Waals surface area contributed by atoms with Crippen LogP contribution in [0, 0.1) is 13.8 Å². The highest BCUT2D eigenvalue weighted by atomic mass is 32.2. The first-order chi connectivity index (χ1) is 23.2. The van der Waals surface area contributed by atoms with Crippen molar-refractivity contribution in [1.29, 1.82) is 0 Å². The van der Waals surface area contributed by atoms with Gasteiger partial charge in [-0.3, -0.25) is 14.7 Å². The first kappa shape index (κ1) is 35.7. The van der Waals surface area contributed by atoms with Crippen LogP contribution in [0.15, 0.2) is 56.9 Å². The predicted octanol–water partition coefficient (Wildman–Crippen LogP) is 6.55. The second-order valence-corrected chi connectivity index (χ2v) is 14.3. The molecule has 1 amide bonds. The fourth-order valence-electron chi connectivity index (χ4n) is 6.42. The molecule has 1 aliphatic carbocycles. The minimum absolute atomic E-state index is 0.0891. The van der Waals surface area contributed by atoms with Gasteiger partial charge in [0.1, 0.15) is 18.1 Å². The van der Waals surface area contributed by atoms with Gasteiger partial charge in [-0.25, -0.2) is 12.7 Å². The lowest BCUT2D eigenvalue weighted by Gasteiger charge is -2.25. The second-order valence-electron chi connectivity index (χ2n) is 12.5. The van der Waals surface area contributed by atoms with Gasteiger partial charge in [-0.05, 0) is 62.8 Å². The molecule has 11 nitrogen and oxygen atoms in total. The van der Waals surface area contributed by atoms with Gasteiger partial charge in [0.2, 0.25) is 5.88 Å². The molecule has 1 aliphatic heterocycles. The van der Waals surface area contributed by atoms with E-state index < -0.39 is 15.6 Å². The molecule has 260 valence electrons. The van der Waals surface area contributed by atoms with Crippen LogP contribution in [0.3, 0.4) is 0 Å². The Hall–Kier alpha value is -3.58. The Balaban J connectivity index is 1.52. The van der Waals surface area contributed by atoms with Crippen molar-refractivity contribution in [2.75, 3.05) is 38.0 Å². The number of benzene rings is 2. The zero-order valence-electron chi connectivity index (χ0n) is 28.8. The molecule has 0 saturated heterocycles. The van der Waals surface area contributed by atoms with Crippen LogP contribution < -0.4 is 4.31 Å². The average molecular weight is 681 g/mol. The summed E-state index contributed by atoms with van der Waals surface area (Å²) in [7, 11) is -2.65. The van der Waals surface area contributed by atoms with Crippen LogP contribution in [-0.2, 0) is 42.2 Å². The van der Waals surface area contributed by atoms with E-state index in [4.69, 9.17) is 23.7 Å². The maximum Gasteiger partial charge on any atom is 0.269 e. The molecule has 0 unspecified atom stereocenters. The monoisotopic (exact) mass is 680 g/mol. The van der Waals surface area contributed by atoms with Gasteiger partial charge in [-0.1, -0.05) is 67.7 Å². The third kappa shape index (κ3) is 7.36. The Labute approximate surface area is 284 Å². The molecule has 48 heavy (non-hydrogen) atoms. The van der Waals surface area contributed by atoms with Crippen molar-refractivity contribution in [2.24, 2.45) is 4.99 Å². The number of amidine groups is 1. The summed E-state index contributed by atoms with van der Waals surface area (Å²) in [4.78, 5) is 20.8. The number of ether oxygens (including phenoxy) is 3. The maximum absolute atomic E-state index is 14.5. The summed E-state index contributed by atoms with van der Waals surface area (Å²) >= 11 is 0. The van der Waals surface area contributed by atoms with Crippen molar-refractivity contribution in [1.82, 2.24) is 10.1 Å². The number of nitrogens with zero attached hydrogens (tertiary/aromatic N) is 4. The number of anilines is 1. The fourth-order valence-corrected chi connectivity index (χ4v) is 7.96. The smallest absolute Gasteiger partial charge is 0.269 e. The molecule has 2 aliphatic rings. The number of aromatic nitrogens is 1. The third-order valence-corrected chi connectivity index (χ3v) is 11.0. The highest BCUT2D eigenvalue weighted by molar-refractivity contribution is 7.93. The van der Waals surface area contributed by atoms with Gasteiger partial charge in [0.05, 0.1) is 37.0 Å². The number of aliphatic imine (C=N–C) groups is 1. The van der Waals surface area contributed by atoms with E-state index in [1.807, 2.05) is 36.1 Å². The van der Waals surface area contributed by atoms with Gasteiger partial charge in [-0.15, -0.1) is 0 Å². The lowest BCUT2D eigenvalue weighted by molar-refractivity contribution is -0.131. The number of sulfonamides is 1. The van der Waals surface area contributed by atoms with Gasteiger partial charge in [0, 0.05) is 31.3 Å². The van der Waals surface area contributed by atoms with Gasteiger partial charge in [0.25, 0.3) is 15.9 Å². The van der Waals surface area contributed by atoms with E-state index in [0.29, 0.717) is 36.6 Å². The Morgan fingerprint density at radius 2 is 1.79 bits per heavy atom. The van der Waals surface area contributed by atoms with E-state index in [-0.39, 0.29) is 36.6 Å². The first-order valence-electron chi connectivity index (χ1n) is 16.9. The minimum atomic E-state index is -4.21. The molecule has 0 atom stereocenters. The number of carbonyl (C=O) groups excluding carboxylic acids is 1. The molecule has 3 aromatic rings. The van der Waals surface area contributed by atoms with Crippen LogP contribution in [0.1, 0.15) is 81.2 Å². The number of unbranched alkanes of at least 4 members (excludes halogenated alkanes) is 1. The van der Waals surface area contributed by atoms with Crippen molar-refractivity contribution in [2.45, 2.75) is 96.2 Å². The SMILES string of the molecule is CCCCC1=NC2(CCCC2)C(=O)N1Cc1ccc(-c2ccccc2S(=O)(=O)N(COCCOC)c2onc(C)c2C)c(COCC)c1. The molecule has 0 radical (unpaired) electrons. The van der Waals surface area contributed by atoms with E-state index in [9.17, 15) is 13.2 Å². The standard InChI is InChI=1S/C36H48N4O7S/c1-6-8-15-33-37-36(18-11-12-19-36)35(41)39(33)23-28-16-17-30(29(22-28)24-45-7-2)31-13-9-10-14-32(31)48(42,43)40(25-46-21-20-44-5)34-26(3)27(4)38-47-34/h9-10,13-14,16-17,22H,6-8,11-12,15,18-21,23-25H2,1-5H3. The number of hydrogen-bond acceptors (Lipinski definition) is 9. The zero-order chi connectivity index (χ0) is 34.3. The number of carbonyl (C=O) groups is 1. The van der Waals surface area contributed by atoms with E-state index in [2.05, 4.69) is 12.1 Å². The Kier molecular flexibility index (Phi) is 11.7. The van der Waals surface area contributed by atoms with Crippen molar-refractivity contribution in [3.8, 4) is 11.1 Å². The number of hydrogen-bond donors (Lipinski definition) is 0. The van der Waals surface area contributed by atoms with Crippen molar-refractivity contribution < 1.29 is 31.9 Å². The molecule has 0 bridgehead atoms. The van der Waals surface area contributed by atoms with Crippen molar-refractivity contribution in [3.05, 3.63) is 64.8 Å². The predicted molar refractivity (Wildman–Crippen MR) is 184 cm³/mol. The van der Waals surface area contributed by atoms with Gasteiger partial charge >= 0.3 is 0 Å². The highest BCUT2D eigenvalue weighted by Gasteiger charge is 2.49. The molecule has 2 heterocycles. The molecular formula is C36H48N4O7S. The average Bonchev–Trinajstić information content (AvgIpc) is 3.77. The Morgan fingerprint density at radius 1 is 1.02 bits per heavy atom. The Morgan fingerprint density at radius 3 is 2.48 bits per heavy atom. The molecule has 1 fully saturated rings. The topological polar surface area (TPSA) is 124 Å². The zero-order valence-corrected chi connectivity index (χ0v) is 29.6. The van der Waals surface area contributed by atoms with Crippen LogP contribution in [0.5, 0.6) is 0 Å². The Bertz CT molecular complexity index is 1710. The van der Waals surface area contributed by atoms with Crippen LogP contribution in [-0.4, -0.2) is 69.4 Å². The molecule has 1 aromatic heterocycles. The number of aryl methyl sites for hydroxylation is 1. The van der Waals surface area contributed by atoms with Gasteiger partial charge in [-0.2, -0.15) is 0 Å². The normalized spacial score (nSPS) is 15.9. The van der Waals surface area contributed by atoms with Crippen LogP contribution >= 0.6 is 0 Å². The molecule has 1 saturated carbocycles. The summed E-state index contributed by atoms with van der Waals surface area (Å²) < 4.78 is 52.3. The molecule has 12 heteroatoms. The quantitative estimate of drug-likeness (QED) is 0.116. The summed E-state index contributed by atoms with van der Waals surface area (Å²) in [6.45, 7) is 8.97. The van der Waals surface area contributed by atoms with Crippen molar-refractivity contribution >= 4 is 27.7 Å². The lowest BCUT2D eigenvalue weighted by Crippen LogP contribution is -2.40. The van der Waals surface area contributed by atoms with Gasteiger partial charge < -0.3 is 18.7 Å². The lowest BCUT2D eigenvalue weighted by atomic mass is 9.96. The highest BCUT2D eigenvalue weighted by Crippen LogP contribution is 2.41. The summed E-state index contributed by atoms with van der Waals surface area (Å²) in [5.74, 6) is 1.07. The van der Waals surface area contributed by atoms with Gasteiger partial charge in [0.15, 0.2) is 0 Å². The van der Waals surface area contributed by atoms with Crippen molar-refractivity contribution in [3.63, 3.8) is 0 Å². The summed E-state index contributed by atoms with van der Waals surface area (Å²) in [5, 5.41) is 4.00. The third-order valence-electron chi connectivity index (χ3n) is 9.20. The summed E-state index contributed by atoms with van der Waals surface area (Å²) in [5.41, 5.74) is 3.57. The summed E-state index contributed by atoms with van der Waals surface area (Å²) in [6.07, 6.45) is 6.42. The number of methoxy groups -OCH3 is 1. The first-order valence-corrected chi connectivity index (χ1v) is 18.3. The van der Waals surface area contributed by atoms with Crippen LogP contribution in [0.2, 0.25) is 0 Å². The van der Waals surface area contributed by atoms with Crippen LogP contribution in [0.4, 0.5) is 5.88 Å². The second kappa shape index (κ2) is 15.8. The molecule has 2 aromatic carbocycles. The molecule has 0 N–H and O–H groups in total. The number of amides is 1. The minimum Gasteiger partial charge on any atom is -0.382 e. The maximum atomic E-state index is 14.5. The van der Waals surface area contributed by atoms with E-state index in [1.54, 1.807) is 39.2 Å².